The number of aromatic nitrogens is 2. The average molecular weight is 316 g/mol. The van der Waals surface area contributed by atoms with Gasteiger partial charge >= 0.3 is 0 Å². The monoisotopic (exact) mass is 315 g/mol. The van der Waals surface area contributed by atoms with Gasteiger partial charge < -0.3 is 10.5 Å². The van der Waals surface area contributed by atoms with Gasteiger partial charge in [0.15, 0.2) is 0 Å². The fourth-order valence-corrected chi connectivity index (χ4v) is 2.18. The van der Waals surface area contributed by atoms with Crippen molar-refractivity contribution in [3.05, 3.63) is 53.4 Å². The second-order valence-electron chi connectivity index (χ2n) is 3.99. The van der Waals surface area contributed by atoms with E-state index in [0.29, 0.717) is 17.2 Å². The Labute approximate surface area is 118 Å². The van der Waals surface area contributed by atoms with Crippen molar-refractivity contribution in [2.45, 2.75) is 0 Å². The summed E-state index contributed by atoms with van der Waals surface area (Å²) >= 11 is 3.36. The molecule has 2 aromatic heterocycles. The van der Waals surface area contributed by atoms with Crippen molar-refractivity contribution >= 4 is 32.5 Å². The Morgan fingerprint density at radius 3 is 2.89 bits per heavy atom. The van der Waals surface area contributed by atoms with Crippen LogP contribution in [0.5, 0.6) is 11.5 Å². The van der Waals surface area contributed by atoms with Gasteiger partial charge in [-0.05, 0) is 46.3 Å². The lowest BCUT2D eigenvalue weighted by molar-refractivity contribution is 0.485. The lowest BCUT2D eigenvalue weighted by atomic mass is 10.2. The highest BCUT2D eigenvalue weighted by Crippen LogP contribution is 2.32. The number of nitrogens with two attached hydrogens (primary N) is 1. The van der Waals surface area contributed by atoms with Crippen LogP contribution in [-0.2, 0) is 0 Å². The van der Waals surface area contributed by atoms with E-state index in [1.807, 2.05) is 24.3 Å². The van der Waals surface area contributed by atoms with Crippen molar-refractivity contribution in [3.63, 3.8) is 0 Å². The molecule has 3 rings (SSSR count). The van der Waals surface area contributed by atoms with Gasteiger partial charge in [-0.15, -0.1) is 0 Å². The number of hydrogen-bond donors (Lipinski definition) is 1. The number of nitrogens with zero attached hydrogens (tertiary/aromatic N) is 2. The number of anilines is 1. The molecular weight excluding hydrogens is 306 g/mol. The molecule has 0 unspecified atom stereocenters. The number of halogens is 1. The third-order valence-electron chi connectivity index (χ3n) is 2.67. The zero-order valence-electron chi connectivity index (χ0n) is 9.88. The Morgan fingerprint density at radius 2 is 2.05 bits per heavy atom. The predicted molar refractivity (Wildman–Crippen MR) is 78.2 cm³/mol. The predicted octanol–water partition coefficient (Wildman–Crippen LogP) is 3.77. The molecule has 0 amide bonds. The number of pyridine rings is 2. The summed E-state index contributed by atoms with van der Waals surface area (Å²) in [5, 5.41) is 0.877. The van der Waals surface area contributed by atoms with Gasteiger partial charge in [-0.1, -0.05) is 0 Å². The first-order chi connectivity index (χ1) is 9.24. The Bertz CT molecular complexity index is 746. The summed E-state index contributed by atoms with van der Waals surface area (Å²) in [4.78, 5) is 8.34. The minimum atomic E-state index is 0.635. The van der Waals surface area contributed by atoms with Gasteiger partial charge in [-0.3, -0.25) is 9.97 Å². The molecule has 0 spiro atoms. The van der Waals surface area contributed by atoms with Crippen molar-refractivity contribution < 1.29 is 4.74 Å². The Hall–Kier alpha value is -2.14. The summed E-state index contributed by atoms with van der Waals surface area (Å²) in [6.45, 7) is 0. The summed E-state index contributed by atoms with van der Waals surface area (Å²) in [6, 6.07) is 9.26. The van der Waals surface area contributed by atoms with E-state index in [2.05, 4.69) is 25.9 Å². The number of rotatable bonds is 2. The molecule has 0 aliphatic rings. The molecule has 0 aliphatic carbocycles. The molecule has 0 atom stereocenters. The third-order valence-corrected chi connectivity index (χ3v) is 3.10. The van der Waals surface area contributed by atoms with E-state index in [0.717, 1.165) is 15.4 Å². The van der Waals surface area contributed by atoms with Crippen molar-refractivity contribution in [3.8, 4) is 11.5 Å². The minimum absolute atomic E-state index is 0.635. The molecular formula is C14H10BrN3O. The average Bonchev–Trinajstić information content (AvgIpc) is 2.42. The second-order valence-corrected chi connectivity index (χ2v) is 4.91. The van der Waals surface area contributed by atoms with Crippen molar-refractivity contribution in [2.75, 3.05) is 5.73 Å². The smallest absolute Gasteiger partial charge is 0.146 e. The molecule has 1 aromatic carbocycles. The van der Waals surface area contributed by atoms with Crippen molar-refractivity contribution in [2.24, 2.45) is 0 Å². The second kappa shape index (κ2) is 4.85. The first-order valence-corrected chi connectivity index (χ1v) is 6.45. The molecule has 0 saturated carbocycles. The number of ether oxygens (including phenoxy) is 1. The van der Waals surface area contributed by atoms with Crippen LogP contribution in [0.2, 0.25) is 0 Å². The van der Waals surface area contributed by atoms with Crippen LogP contribution in [0.3, 0.4) is 0 Å². The Kier molecular flexibility index (Phi) is 3.05. The fourth-order valence-electron chi connectivity index (χ4n) is 1.83. The maximum atomic E-state index is 5.90. The largest absolute Gasteiger partial charge is 0.455 e. The highest BCUT2D eigenvalue weighted by atomic mass is 79.9. The van der Waals surface area contributed by atoms with Gasteiger partial charge in [0, 0.05) is 22.3 Å². The van der Waals surface area contributed by atoms with Gasteiger partial charge in [0.05, 0.1) is 17.4 Å². The first-order valence-electron chi connectivity index (χ1n) is 5.65. The van der Waals surface area contributed by atoms with E-state index in [9.17, 15) is 0 Å². The van der Waals surface area contributed by atoms with E-state index in [-0.39, 0.29) is 0 Å². The van der Waals surface area contributed by atoms with E-state index in [1.54, 1.807) is 24.7 Å². The molecule has 3 aromatic rings. The minimum Gasteiger partial charge on any atom is -0.455 e. The topological polar surface area (TPSA) is 61.0 Å². The quantitative estimate of drug-likeness (QED) is 0.731. The third kappa shape index (κ3) is 2.37. The molecule has 5 heteroatoms. The van der Waals surface area contributed by atoms with Gasteiger partial charge in [-0.2, -0.15) is 0 Å². The summed E-state index contributed by atoms with van der Waals surface area (Å²) in [6.07, 6.45) is 5.07. The zero-order valence-corrected chi connectivity index (χ0v) is 11.5. The van der Waals surface area contributed by atoms with Crippen LogP contribution in [0.1, 0.15) is 0 Å². The van der Waals surface area contributed by atoms with Crippen LogP contribution >= 0.6 is 15.9 Å². The number of nitrogen functional groups attached to an aromatic ring is 1. The normalized spacial score (nSPS) is 10.6. The highest BCUT2D eigenvalue weighted by molar-refractivity contribution is 9.10. The summed E-state index contributed by atoms with van der Waals surface area (Å²) in [7, 11) is 0. The van der Waals surface area contributed by atoms with Crippen LogP contribution in [0, 0.1) is 0 Å². The lowest BCUT2D eigenvalue weighted by Crippen LogP contribution is -1.92. The highest BCUT2D eigenvalue weighted by Gasteiger charge is 2.07. The molecule has 94 valence electrons. The molecule has 4 nitrogen and oxygen atoms in total. The number of fused-ring (bicyclic) bond motifs is 1. The maximum absolute atomic E-state index is 5.90. The summed E-state index contributed by atoms with van der Waals surface area (Å²) in [5.41, 5.74) is 7.28. The molecule has 0 fully saturated rings. The van der Waals surface area contributed by atoms with Gasteiger partial charge in [0.1, 0.15) is 11.5 Å². The van der Waals surface area contributed by atoms with Crippen molar-refractivity contribution in [1.82, 2.24) is 9.97 Å². The van der Waals surface area contributed by atoms with E-state index < -0.39 is 0 Å². The van der Waals surface area contributed by atoms with Crippen LogP contribution in [0.25, 0.3) is 10.9 Å². The van der Waals surface area contributed by atoms with E-state index in [4.69, 9.17) is 10.5 Å². The van der Waals surface area contributed by atoms with Gasteiger partial charge in [0.25, 0.3) is 0 Å². The molecule has 2 N–H and O–H groups in total. The number of benzene rings is 1. The SMILES string of the molecule is Nc1ccc(Oc2cncc(Br)c2)c2cccnc12. The van der Waals surface area contributed by atoms with E-state index in [1.165, 1.54) is 0 Å². The van der Waals surface area contributed by atoms with Gasteiger partial charge in [-0.25, -0.2) is 0 Å². The molecule has 0 bridgehead atoms. The standard InChI is InChI=1S/C14H10BrN3O/c15-9-6-10(8-17-7-9)19-13-4-3-12(16)14-11(13)2-1-5-18-14/h1-8H,16H2. The summed E-state index contributed by atoms with van der Waals surface area (Å²) in [5.74, 6) is 1.36. The van der Waals surface area contributed by atoms with Crippen molar-refractivity contribution in [1.29, 1.82) is 0 Å². The first kappa shape index (κ1) is 11.9. The molecule has 19 heavy (non-hydrogen) atoms. The molecule has 0 radical (unpaired) electrons. The molecule has 2 heterocycles. The van der Waals surface area contributed by atoms with Crippen LogP contribution in [-0.4, -0.2) is 9.97 Å². The Balaban J connectivity index is 2.09. The molecule has 0 saturated heterocycles. The van der Waals surface area contributed by atoms with Crippen LogP contribution < -0.4 is 10.5 Å². The van der Waals surface area contributed by atoms with E-state index >= 15 is 0 Å². The lowest BCUT2D eigenvalue weighted by Gasteiger charge is -2.09. The zero-order chi connectivity index (χ0) is 13.2. The summed E-state index contributed by atoms with van der Waals surface area (Å²) < 4.78 is 6.70. The van der Waals surface area contributed by atoms with Crippen LogP contribution in [0.15, 0.2) is 53.4 Å². The van der Waals surface area contributed by atoms with Crippen LogP contribution in [0.4, 0.5) is 5.69 Å². The van der Waals surface area contributed by atoms with Gasteiger partial charge in [0.2, 0.25) is 0 Å². The number of hydrogen-bond acceptors (Lipinski definition) is 4. The Morgan fingerprint density at radius 1 is 1.16 bits per heavy atom. The maximum Gasteiger partial charge on any atom is 0.146 e. The molecule has 0 aliphatic heterocycles. The fraction of sp³-hybridized carbons (Fsp3) is 0.